The summed E-state index contributed by atoms with van der Waals surface area (Å²) in [5, 5.41) is 0. The van der Waals surface area contributed by atoms with E-state index in [0.29, 0.717) is 0 Å². The summed E-state index contributed by atoms with van der Waals surface area (Å²) in [6, 6.07) is 51.5. The van der Waals surface area contributed by atoms with Crippen molar-refractivity contribution in [2.75, 3.05) is 0 Å². The maximum absolute atomic E-state index is 7.39. The van der Waals surface area contributed by atoms with E-state index in [0.717, 1.165) is 61.8 Å². The van der Waals surface area contributed by atoms with E-state index in [4.69, 9.17) is 7.98 Å². The van der Waals surface area contributed by atoms with E-state index in [1.165, 1.54) is 16.7 Å². The minimum Gasteiger partial charge on any atom is -0.354 e. The minimum absolute atomic E-state index is 0.285. The highest BCUT2D eigenvalue weighted by Crippen LogP contribution is 2.46. The Morgan fingerprint density at radius 2 is 1.04 bits per heavy atom. The number of rotatable bonds is 8. The highest BCUT2D eigenvalue weighted by Gasteiger charge is 2.36. The Morgan fingerprint density at radius 3 is 1.56 bits per heavy atom. The molecule has 0 bridgehead atoms. The Kier molecular flexibility index (Phi) is 8.69. The fraction of sp³-hybridized carbons (Fsp3) is 0.133. The lowest BCUT2D eigenvalue weighted by Gasteiger charge is -2.23. The van der Waals surface area contributed by atoms with Crippen LogP contribution in [-0.4, -0.2) is 23.2 Å². The van der Waals surface area contributed by atoms with Crippen molar-refractivity contribution in [1.82, 2.24) is 4.98 Å². The van der Waals surface area contributed by atoms with Crippen LogP contribution in [-0.2, 0) is 0 Å². The van der Waals surface area contributed by atoms with E-state index in [9.17, 15) is 0 Å². The molecule has 0 fully saturated rings. The number of benzene rings is 5. The van der Waals surface area contributed by atoms with Gasteiger partial charge in [0, 0.05) is 22.9 Å². The van der Waals surface area contributed by atoms with Gasteiger partial charge in [0.15, 0.2) is 11.4 Å². The van der Waals surface area contributed by atoms with E-state index in [1.807, 2.05) is 10.6 Å². The smallest absolute Gasteiger partial charge is 0.354 e. The first-order chi connectivity index (χ1) is 23.4. The summed E-state index contributed by atoms with van der Waals surface area (Å²) in [4.78, 5) is 3.97. The Morgan fingerprint density at radius 1 is 0.562 bits per heavy atom. The number of aromatic nitrogens is 1. The van der Waals surface area contributed by atoms with E-state index in [2.05, 4.69) is 178 Å². The highest BCUT2D eigenvalue weighted by molar-refractivity contribution is 6.20. The van der Waals surface area contributed by atoms with E-state index < -0.39 is 0 Å². The average molecular weight is 620 g/mol. The third kappa shape index (κ3) is 5.82. The first kappa shape index (κ1) is 31.2. The van der Waals surface area contributed by atoms with Gasteiger partial charge in [-0.3, -0.25) is 4.49 Å². The molecule has 0 aliphatic carbocycles. The van der Waals surface area contributed by atoms with Gasteiger partial charge in [-0.1, -0.05) is 155 Å². The van der Waals surface area contributed by atoms with Crippen LogP contribution in [0.3, 0.4) is 0 Å². The Hall–Kier alpha value is -5.41. The summed E-state index contributed by atoms with van der Waals surface area (Å²) >= 11 is 0. The van der Waals surface area contributed by atoms with Crippen LogP contribution in [0.1, 0.15) is 73.0 Å². The average Bonchev–Trinajstić information content (AvgIpc) is 3.72. The van der Waals surface area contributed by atoms with Crippen molar-refractivity contribution in [1.29, 1.82) is 0 Å². The third-order valence-electron chi connectivity index (χ3n) is 9.29. The predicted octanol–water partition coefficient (Wildman–Crippen LogP) is 11.0. The molecule has 1 aromatic heterocycles. The number of nitrogens with zero attached hydrogens (tertiary/aromatic N) is 1. The SMILES string of the molecule is [B][N+]1=C(c2ccccc2)C=C(c2ccccc2)/C1=C(/c1[nH]c(-c2ccccc2)cc1-c1ccccc1)c1c(C(C)C)cccc1C(C)C. The van der Waals surface area contributed by atoms with Gasteiger partial charge in [0.2, 0.25) is 0 Å². The van der Waals surface area contributed by atoms with Crippen LogP contribution in [0.5, 0.6) is 0 Å². The lowest BCUT2D eigenvalue weighted by atomic mass is 9.80. The Bertz CT molecular complexity index is 2120. The standard InChI is InChI=1S/C45H40BN2/c1-30(2)36-26-17-27-37(31(3)4)42(36)43(44-38(32-18-9-5-10-19-32)28-40(47-44)34-22-13-7-14-23-34)45-39(33-20-11-6-12-21-33)29-41(48(45)46)35-24-15-8-16-25-35/h5-31,47H,1-4H3/q+1. The van der Waals surface area contributed by atoms with Crippen LogP contribution in [0.4, 0.5) is 0 Å². The van der Waals surface area contributed by atoms with Crippen LogP contribution in [0.25, 0.3) is 33.5 Å². The lowest BCUT2D eigenvalue weighted by molar-refractivity contribution is -0.296. The van der Waals surface area contributed by atoms with E-state index in [-0.39, 0.29) is 11.8 Å². The first-order valence-electron chi connectivity index (χ1n) is 16.9. The van der Waals surface area contributed by atoms with Gasteiger partial charge in [0.1, 0.15) is 0 Å². The van der Waals surface area contributed by atoms with Crippen LogP contribution in [0.15, 0.2) is 157 Å². The molecule has 7 rings (SSSR count). The van der Waals surface area contributed by atoms with Crippen molar-refractivity contribution in [2.24, 2.45) is 0 Å². The third-order valence-corrected chi connectivity index (χ3v) is 9.29. The summed E-state index contributed by atoms with van der Waals surface area (Å²) in [5.74, 6) is 0.569. The van der Waals surface area contributed by atoms with Gasteiger partial charge in [-0.05, 0) is 63.4 Å². The summed E-state index contributed by atoms with van der Waals surface area (Å²) in [6.07, 6.45) is 2.26. The van der Waals surface area contributed by atoms with Gasteiger partial charge >= 0.3 is 7.98 Å². The number of H-pyrrole nitrogens is 1. The quantitative estimate of drug-likeness (QED) is 0.164. The van der Waals surface area contributed by atoms with Gasteiger partial charge in [-0.2, -0.15) is 0 Å². The topological polar surface area (TPSA) is 18.8 Å². The van der Waals surface area contributed by atoms with Crippen LogP contribution in [0.2, 0.25) is 0 Å². The fourth-order valence-electron chi connectivity index (χ4n) is 6.92. The van der Waals surface area contributed by atoms with Crippen molar-refractivity contribution < 1.29 is 4.49 Å². The molecule has 0 saturated heterocycles. The number of hydrogen-bond acceptors (Lipinski definition) is 0. The molecule has 0 atom stereocenters. The van der Waals surface area contributed by atoms with Gasteiger partial charge in [0.05, 0.1) is 16.8 Å². The normalized spacial score (nSPS) is 14.2. The second-order valence-corrected chi connectivity index (χ2v) is 13.1. The summed E-state index contributed by atoms with van der Waals surface area (Å²) in [5.41, 5.74) is 15.7. The Balaban J connectivity index is 1.68. The summed E-state index contributed by atoms with van der Waals surface area (Å²) in [6.45, 7) is 9.16. The Labute approximate surface area is 286 Å². The molecule has 5 aromatic carbocycles. The molecule has 2 nitrogen and oxygen atoms in total. The largest absolute Gasteiger partial charge is 0.587 e. The molecule has 0 amide bonds. The second kappa shape index (κ2) is 13.4. The van der Waals surface area contributed by atoms with Crippen LogP contribution >= 0.6 is 0 Å². The molecule has 3 heteroatoms. The number of hydrogen-bond donors (Lipinski definition) is 1. The van der Waals surface area contributed by atoms with Gasteiger partial charge in [-0.15, -0.1) is 0 Å². The molecule has 0 saturated carbocycles. The van der Waals surface area contributed by atoms with Crippen molar-refractivity contribution in [3.05, 3.63) is 191 Å². The van der Waals surface area contributed by atoms with Gasteiger partial charge < -0.3 is 4.98 Å². The first-order valence-corrected chi connectivity index (χ1v) is 16.9. The molecular weight excluding hydrogens is 579 g/mol. The monoisotopic (exact) mass is 619 g/mol. The van der Waals surface area contributed by atoms with Crippen molar-refractivity contribution in [3.63, 3.8) is 0 Å². The zero-order valence-corrected chi connectivity index (χ0v) is 28.1. The van der Waals surface area contributed by atoms with Crippen molar-refractivity contribution in [3.8, 4) is 22.4 Å². The van der Waals surface area contributed by atoms with Gasteiger partial charge in [-0.25, -0.2) is 0 Å². The number of aromatic amines is 1. The van der Waals surface area contributed by atoms with E-state index >= 15 is 0 Å². The molecule has 6 aromatic rings. The molecule has 48 heavy (non-hydrogen) atoms. The number of nitrogens with one attached hydrogen (secondary N) is 1. The van der Waals surface area contributed by atoms with Crippen LogP contribution < -0.4 is 0 Å². The van der Waals surface area contributed by atoms with Crippen LogP contribution in [0, 0.1) is 0 Å². The zero-order valence-electron chi connectivity index (χ0n) is 28.1. The predicted molar refractivity (Wildman–Crippen MR) is 203 cm³/mol. The van der Waals surface area contributed by atoms with Gasteiger partial charge in [0.25, 0.3) is 0 Å². The molecule has 1 aliphatic heterocycles. The second-order valence-electron chi connectivity index (χ2n) is 13.1. The zero-order chi connectivity index (χ0) is 33.2. The molecule has 2 heterocycles. The maximum atomic E-state index is 7.39. The molecule has 0 unspecified atom stereocenters. The maximum Gasteiger partial charge on any atom is 0.587 e. The lowest BCUT2D eigenvalue weighted by Crippen LogP contribution is -2.16. The number of allylic oxidation sites excluding steroid dienone is 2. The van der Waals surface area contributed by atoms with E-state index in [1.54, 1.807) is 0 Å². The fourth-order valence-corrected chi connectivity index (χ4v) is 6.92. The van der Waals surface area contributed by atoms with Crippen molar-refractivity contribution >= 4 is 24.8 Å². The molecule has 1 aliphatic rings. The summed E-state index contributed by atoms with van der Waals surface area (Å²) in [7, 11) is 7.39. The molecular formula is C45H40BN2+. The molecule has 0 spiro atoms. The minimum atomic E-state index is 0.285. The summed E-state index contributed by atoms with van der Waals surface area (Å²) < 4.78 is 1.92. The highest BCUT2D eigenvalue weighted by atomic mass is 15.0. The molecule has 1 N–H and O–H groups in total. The molecule has 232 valence electrons. The van der Waals surface area contributed by atoms with Crippen molar-refractivity contribution in [2.45, 2.75) is 39.5 Å². The molecule has 2 radical (unpaired) electrons.